The molecule has 0 saturated carbocycles. The summed E-state index contributed by atoms with van der Waals surface area (Å²) in [6, 6.07) is 8.70. The predicted molar refractivity (Wildman–Crippen MR) is 97.6 cm³/mol. The number of anilines is 1. The van der Waals surface area contributed by atoms with Gasteiger partial charge in [-0.1, -0.05) is 31.5 Å². The van der Waals surface area contributed by atoms with E-state index in [0.29, 0.717) is 6.04 Å². The van der Waals surface area contributed by atoms with Crippen LogP contribution in [0.2, 0.25) is 5.02 Å². The highest BCUT2D eigenvalue weighted by molar-refractivity contribution is 9.11. The van der Waals surface area contributed by atoms with Crippen LogP contribution in [0.15, 0.2) is 33.4 Å². The average Bonchev–Trinajstić information content (AvgIpc) is 2.82. The van der Waals surface area contributed by atoms with Crippen LogP contribution in [0.4, 0.5) is 5.69 Å². The maximum Gasteiger partial charge on any atom is 0.0701 e. The first-order valence-corrected chi connectivity index (χ1v) is 8.97. The van der Waals surface area contributed by atoms with Crippen molar-refractivity contribution < 1.29 is 0 Å². The number of nitrogens with one attached hydrogen (secondary N) is 1. The lowest BCUT2D eigenvalue weighted by atomic mass is 10.1. The number of rotatable bonds is 6. The van der Waals surface area contributed by atoms with Crippen LogP contribution in [-0.2, 0) is 13.1 Å². The van der Waals surface area contributed by atoms with Gasteiger partial charge in [0.15, 0.2) is 0 Å². The quantitative estimate of drug-likeness (QED) is 0.723. The fourth-order valence-electron chi connectivity index (χ4n) is 2.17. The lowest BCUT2D eigenvalue weighted by Crippen LogP contribution is -2.24. The van der Waals surface area contributed by atoms with Gasteiger partial charge in [0.05, 0.1) is 3.79 Å². The van der Waals surface area contributed by atoms with Crippen LogP contribution in [-0.4, -0.2) is 13.1 Å². The molecule has 114 valence electrons. The first kappa shape index (κ1) is 16.8. The summed E-state index contributed by atoms with van der Waals surface area (Å²) in [5.41, 5.74) is 3.64. The van der Waals surface area contributed by atoms with Gasteiger partial charge in [-0.3, -0.25) is 0 Å². The Morgan fingerprint density at radius 2 is 2.14 bits per heavy atom. The standard InChI is InChI=1S/C16H20BrClN2S/c1-11(2)19-8-13-14(18)5-4-6-15(13)20(3)9-12-7-16(17)21-10-12/h4-7,10-11,19H,8-9H2,1-3H3. The van der Waals surface area contributed by atoms with E-state index in [4.69, 9.17) is 11.6 Å². The van der Waals surface area contributed by atoms with Gasteiger partial charge in [0, 0.05) is 42.5 Å². The Labute approximate surface area is 144 Å². The van der Waals surface area contributed by atoms with Gasteiger partial charge in [0.25, 0.3) is 0 Å². The summed E-state index contributed by atoms with van der Waals surface area (Å²) in [7, 11) is 2.11. The second kappa shape index (κ2) is 7.63. The predicted octanol–water partition coefficient (Wildman–Crippen LogP) is 5.30. The number of nitrogens with zero attached hydrogens (tertiary/aromatic N) is 1. The zero-order chi connectivity index (χ0) is 15.4. The van der Waals surface area contributed by atoms with Crippen molar-refractivity contribution in [2.24, 2.45) is 0 Å². The summed E-state index contributed by atoms with van der Waals surface area (Å²) < 4.78 is 1.17. The normalized spacial score (nSPS) is 11.1. The van der Waals surface area contributed by atoms with Crippen molar-refractivity contribution in [3.05, 3.63) is 49.6 Å². The molecule has 2 nitrogen and oxygen atoms in total. The van der Waals surface area contributed by atoms with E-state index < -0.39 is 0 Å². The first-order chi connectivity index (χ1) is 9.97. The van der Waals surface area contributed by atoms with E-state index in [1.807, 2.05) is 12.1 Å². The van der Waals surface area contributed by atoms with Crippen LogP contribution in [0.3, 0.4) is 0 Å². The highest BCUT2D eigenvalue weighted by Crippen LogP contribution is 2.29. The molecule has 0 aliphatic carbocycles. The van der Waals surface area contributed by atoms with Gasteiger partial charge in [-0.25, -0.2) is 0 Å². The van der Waals surface area contributed by atoms with Gasteiger partial charge in [-0.2, -0.15) is 0 Å². The van der Waals surface area contributed by atoms with Crippen LogP contribution in [0.25, 0.3) is 0 Å². The highest BCUT2D eigenvalue weighted by Gasteiger charge is 2.12. The third-order valence-corrected chi connectivity index (χ3v) is 5.14. The Balaban J connectivity index is 2.19. The lowest BCUT2D eigenvalue weighted by molar-refractivity contribution is 0.588. The maximum absolute atomic E-state index is 6.39. The van der Waals surface area contributed by atoms with E-state index in [0.717, 1.165) is 23.7 Å². The molecule has 0 aliphatic rings. The second-order valence-corrected chi connectivity index (χ2v) is 8.09. The van der Waals surface area contributed by atoms with Crippen molar-refractivity contribution in [3.8, 4) is 0 Å². The molecule has 21 heavy (non-hydrogen) atoms. The largest absolute Gasteiger partial charge is 0.370 e. The van der Waals surface area contributed by atoms with E-state index in [9.17, 15) is 0 Å². The molecule has 1 heterocycles. The number of benzene rings is 1. The topological polar surface area (TPSA) is 15.3 Å². The number of thiophene rings is 1. The van der Waals surface area contributed by atoms with E-state index in [1.165, 1.54) is 15.0 Å². The molecule has 2 aromatic rings. The Morgan fingerprint density at radius 1 is 1.38 bits per heavy atom. The summed E-state index contributed by atoms with van der Waals surface area (Å²) in [5.74, 6) is 0. The molecular weight excluding hydrogens is 368 g/mol. The maximum atomic E-state index is 6.39. The van der Waals surface area contributed by atoms with Crippen molar-refractivity contribution in [3.63, 3.8) is 0 Å². The van der Waals surface area contributed by atoms with Gasteiger partial charge < -0.3 is 10.2 Å². The molecule has 0 amide bonds. The van der Waals surface area contributed by atoms with Gasteiger partial charge in [-0.05, 0) is 45.1 Å². The summed E-state index contributed by atoms with van der Waals surface area (Å²) in [6.45, 7) is 5.94. The Bertz CT molecular complexity index is 598. The first-order valence-electron chi connectivity index (χ1n) is 6.92. The fourth-order valence-corrected chi connectivity index (χ4v) is 3.61. The van der Waals surface area contributed by atoms with Crippen molar-refractivity contribution in [2.45, 2.75) is 33.0 Å². The molecular formula is C16H20BrClN2S. The van der Waals surface area contributed by atoms with Crippen molar-refractivity contribution >= 4 is 44.6 Å². The van der Waals surface area contributed by atoms with Crippen molar-refractivity contribution in [1.29, 1.82) is 0 Å². The van der Waals surface area contributed by atoms with Gasteiger partial charge >= 0.3 is 0 Å². The molecule has 1 N–H and O–H groups in total. The van der Waals surface area contributed by atoms with Crippen LogP contribution in [0.5, 0.6) is 0 Å². The molecule has 5 heteroatoms. The molecule has 2 rings (SSSR count). The van der Waals surface area contributed by atoms with Crippen LogP contribution in [0, 0.1) is 0 Å². The molecule has 0 spiro atoms. The van der Waals surface area contributed by atoms with Crippen LogP contribution >= 0.6 is 38.9 Å². The molecule has 1 aromatic heterocycles. The molecule has 1 aromatic carbocycles. The molecule has 0 aliphatic heterocycles. The molecule has 0 radical (unpaired) electrons. The average molecular weight is 388 g/mol. The number of hydrogen-bond acceptors (Lipinski definition) is 3. The summed E-state index contributed by atoms with van der Waals surface area (Å²) in [4.78, 5) is 2.25. The van der Waals surface area contributed by atoms with Crippen molar-refractivity contribution in [1.82, 2.24) is 5.32 Å². The monoisotopic (exact) mass is 386 g/mol. The minimum atomic E-state index is 0.437. The Kier molecular flexibility index (Phi) is 6.11. The van der Waals surface area contributed by atoms with Gasteiger partial charge in [0.2, 0.25) is 0 Å². The zero-order valence-electron chi connectivity index (χ0n) is 12.5. The van der Waals surface area contributed by atoms with E-state index in [1.54, 1.807) is 11.3 Å². The molecule has 0 atom stereocenters. The molecule has 0 bridgehead atoms. The third-order valence-electron chi connectivity index (χ3n) is 3.23. The minimum absolute atomic E-state index is 0.437. The van der Waals surface area contributed by atoms with E-state index in [-0.39, 0.29) is 0 Å². The smallest absolute Gasteiger partial charge is 0.0701 e. The zero-order valence-corrected chi connectivity index (χ0v) is 15.6. The fraction of sp³-hybridized carbons (Fsp3) is 0.375. The minimum Gasteiger partial charge on any atom is -0.370 e. The van der Waals surface area contributed by atoms with Crippen LogP contribution < -0.4 is 10.2 Å². The van der Waals surface area contributed by atoms with Gasteiger partial charge in [0.1, 0.15) is 0 Å². The molecule has 0 saturated heterocycles. The Hall–Kier alpha value is -0.550. The van der Waals surface area contributed by atoms with E-state index >= 15 is 0 Å². The summed E-state index contributed by atoms with van der Waals surface area (Å²) in [5, 5.41) is 6.45. The van der Waals surface area contributed by atoms with Gasteiger partial charge in [-0.15, -0.1) is 11.3 Å². The van der Waals surface area contributed by atoms with E-state index in [2.05, 4.69) is 64.6 Å². The molecule has 0 fully saturated rings. The number of halogens is 2. The SMILES string of the molecule is CC(C)NCc1c(Cl)cccc1N(C)Cc1csc(Br)c1. The Morgan fingerprint density at radius 3 is 2.76 bits per heavy atom. The van der Waals surface area contributed by atoms with Crippen molar-refractivity contribution in [2.75, 3.05) is 11.9 Å². The highest BCUT2D eigenvalue weighted by atomic mass is 79.9. The third kappa shape index (κ3) is 4.71. The number of hydrogen-bond donors (Lipinski definition) is 1. The second-order valence-electron chi connectivity index (χ2n) is 5.39. The summed E-state index contributed by atoms with van der Waals surface area (Å²) in [6.07, 6.45) is 0. The lowest BCUT2D eigenvalue weighted by Gasteiger charge is -2.23. The van der Waals surface area contributed by atoms with Crippen LogP contribution in [0.1, 0.15) is 25.0 Å². The summed E-state index contributed by atoms with van der Waals surface area (Å²) >= 11 is 11.6. The molecule has 0 unspecified atom stereocenters.